The predicted molar refractivity (Wildman–Crippen MR) is 72.8 cm³/mol. The van der Waals surface area contributed by atoms with Crippen molar-refractivity contribution in [2.75, 3.05) is 20.1 Å². The van der Waals surface area contributed by atoms with Gasteiger partial charge in [0.2, 0.25) is 5.91 Å². The number of carbonyl (C=O) groups excluding carboxylic acids is 5. The third-order valence-electron chi connectivity index (χ3n) is 3.53. The molecular weight excluding hydrogens is 306 g/mol. The van der Waals surface area contributed by atoms with Crippen molar-refractivity contribution < 1.29 is 28.8 Å². The SMILES string of the molecule is CN1C(=O)CN(CC(=O)ON2C(=O)c3ccccc3C2=O)C1=O. The molecule has 1 saturated heterocycles. The predicted octanol–water partition coefficient (Wildman–Crippen LogP) is -0.365. The third kappa shape index (κ3) is 2.31. The lowest BCUT2D eigenvalue weighted by atomic mass is 10.1. The topological polar surface area (TPSA) is 104 Å². The number of hydrogen-bond donors (Lipinski definition) is 0. The molecule has 1 aromatic rings. The van der Waals surface area contributed by atoms with Gasteiger partial charge in [-0.25, -0.2) is 9.59 Å². The van der Waals surface area contributed by atoms with Crippen LogP contribution in [0, 0.1) is 0 Å². The van der Waals surface area contributed by atoms with Crippen LogP contribution >= 0.6 is 0 Å². The number of carbonyl (C=O) groups is 5. The Hall–Kier alpha value is -3.23. The Morgan fingerprint density at radius 1 is 1.09 bits per heavy atom. The van der Waals surface area contributed by atoms with Crippen molar-refractivity contribution >= 4 is 29.7 Å². The molecule has 23 heavy (non-hydrogen) atoms. The number of fused-ring (bicyclic) bond motifs is 1. The maximum atomic E-state index is 12.0. The zero-order valence-corrected chi connectivity index (χ0v) is 12.0. The van der Waals surface area contributed by atoms with E-state index in [0.717, 1.165) is 9.80 Å². The fraction of sp³-hybridized carbons (Fsp3) is 0.214. The Balaban J connectivity index is 1.68. The summed E-state index contributed by atoms with van der Waals surface area (Å²) in [6.45, 7) is -0.797. The Morgan fingerprint density at radius 3 is 2.13 bits per heavy atom. The molecule has 9 nitrogen and oxygen atoms in total. The summed E-state index contributed by atoms with van der Waals surface area (Å²) in [5, 5.41) is 0.360. The number of urea groups is 1. The molecule has 9 heteroatoms. The Labute approximate surface area is 129 Å². The molecule has 2 heterocycles. The van der Waals surface area contributed by atoms with E-state index in [0.29, 0.717) is 5.06 Å². The fourth-order valence-electron chi connectivity index (χ4n) is 2.32. The Morgan fingerprint density at radius 2 is 1.65 bits per heavy atom. The van der Waals surface area contributed by atoms with Gasteiger partial charge in [0.15, 0.2) is 0 Å². The lowest BCUT2D eigenvalue weighted by molar-refractivity contribution is -0.168. The van der Waals surface area contributed by atoms with Crippen molar-refractivity contribution in [1.29, 1.82) is 0 Å². The zero-order chi connectivity index (χ0) is 16.7. The third-order valence-corrected chi connectivity index (χ3v) is 3.53. The van der Waals surface area contributed by atoms with Crippen LogP contribution in [0.5, 0.6) is 0 Å². The van der Waals surface area contributed by atoms with Crippen molar-refractivity contribution in [2.24, 2.45) is 0 Å². The second-order valence-electron chi connectivity index (χ2n) is 5.00. The van der Waals surface area contributed by atoms with E-state index in [1.165, 1.54) is 19.2 Å². The van der Waals surface area contributed by atoms with E-state index in [9.17, 15) is 24.0 Å². The molecule has 2 aliphatic heterocycles. The highest BCUT2D eigenvalue weighted by atomic mass is 16.7. The van der Waals surface area contributed by atoms with Gasteiger partial charge in [-0.05, 0) is 12.1 Å². The van der Waals surface area contributed by atoms with E-state index in [1.807, 2.05) is 0 Å². The van der Waals surface area contributed by atoms with E-state index in [4.69, 9.17) is 4.84 Å². The quantitative estimate of drug-likeness (QED) is 0.557. The first kappa shape index (κ1) is 14.7. The molecule has 0 radical (unpaired) electrons. The van der Waals surface area contributed by atoms with Gasteiger partial charge in [0, 0.05) is 7.05 Å². The molecule has 0 atom stereocenters. The molecule has 0 aromatic heterocycles. The minimum absolute atomic E-state index is 0.137. The monoisotopic (exact) mass is 317 g/mol. The number of benzene rings is 1. The number of likely N-dealkylation sites (N-methyl/N-ethyl adjacent to an activating group) is 1. The molecule has 2 aliphatic rings. The van der Waals surface area contributed by atoms with Crippen molar-refractivity contribution in [1.82, 2.24) is 14.9 Å². The molecule has 0 bridgehead atoms. The lowest BCUT2D eigenvalue weighted by Gasteiger charge is -2.16. The first-order valence-corrected chi connectivity index (χ1v) is 6.64. The molecule has 1 fully saturated rings. The summed E-state index contributed by atoms with van der Waals surface area (Å²) in [6, 6.07) is 5.41. The van der Waals surface area contributed by atoms with Gasteiger partial charge in [-0.3, -0.25) is 19.3 Å². The van der Waals surface area contributed by atoms with Crippen LogP contribution in [0.4, 0.5) is 4.79 Å². The smallest absolute Gasteiger partial charge is 0.328 e. The zero-order valence-electron chi connectivity index (χ0n) is 12.0. The highest BCUT2D eigenvalue weighted by Crippen LogP contribution is 2.22. The number of hydroxylamine groups is 2. The summed E-state index contributed by atoms with van der Waals surface area (Å²) in [5.74, 6) is -2.95. The van der Waals surface area contributed by atoms with Crippen LogP contribution < -0.4 is 0 Å². The highest BCUT2D eigenvalue weighted by Gasteiger charge is 2.40. The number of hydrogen-bond acceptors (Lipinski definition) is 6. The van der Waals surface area contributed by atoms with Crippen molar-refractivity contribution in [3.63, 3.8) is 0 Å². The van der Waals surface area contributed by atoms with Gasteiger partial charge in [0.1, 0.15) is 13.1 Å². The van der Waals surface area contributed by atoms with Gasteiger partial charge in [-0.15, -0.1) is 0 Å². The molecule has 0 N–H and O–H groups in total. The van der Waals surface area contributed by atoms with Crippen LogP contribution in [0.3, 0.4) is 0 Å². The number of nitrogens with zero attached hydrogens (tertiary/aromatic N) is 3. The second kappa shape index (κ2) is 5.20. The molecular formula is C14H11N3O6. The summed E-state index contributed by atoms with van der Waals surface area (Å²) >= 11 is 0. The van der Waals surface area contributed by atoms with Gasteiger partial charge >= 0.3 is 12.0 Å². The maximum absolute atomic E-state index is 12.0. The highest BCUT2D eigenvalue weighted by molar-refractivity contribution is 6.20. The van der Waals surface area contributed by atoms with E-state index < -0.39 is 36.3 Å². The van der Waals surface area contributed by atoms with Crippen molar-refractivity contribution in [3.05, 3.63) is 35.4 Å². The summed E-state index contributed by atoms with van der Waals surface area (Å²) in [5.41, 5.74) is 0.273. The normalized spacial score (nSPS) is 17.2. The van der Waals surface area contributed by atoms with Crippen molar-refractivity contribution in [3.8, 4) is 0 Å². The Kier molecular flexibility index (Phi) is 3.32. The van der Waals surface area contributed by atoms with E-state index >= 15 is 0 Å². The minimum Gasteiger partial charge on any atom is -0.328 e. The summed E-state index contributed by atoms with van der Waals surface area (Å²) in [6.07, 6.45) is 0. The van der Waals surface area contributed by atoms with Crippen LogP contribution in [0.15, 0.2) is 24.3 Å². The lowest BCUT2D eigenvalue weighted by Crippen LogP contribution is -2.39. The first-order chi connectivity index (χ1) is 10.9. The second-order valence-corrected chi connectivity index (χ2v) is 5.00. The molecule has 5 amide bonds. The summed E-state index contributed by atoms with van der Waals surface area (Å²) < 4.78 is 0. The standard InChI is InChI=1S/C14H11N3O6/c1-15-10(18)6-16(14(15)22)7-11(19)23-17-12(20)8-4-2-3-5-9(8)13(17)21/h2-5H,6-7H2,1H3. The Bertz CT molecular complexity index is 724. The maximum Gasteiger partial charge on any atom is 0.352 e. The molecule has 118 valence electrons. The van der Waals surface area contributed by atoms with E-state index in [1.54, 1.807) is 12.1 Å². The molecule has 0 unspecified atom stereocenters. The fourth-order valence-corrected chi connectivity index (χ4v) is 2.32. The van der Waals surface area contributed by atoms with Gasteiger partial charge < -0.3 is 9.74 Å². The van der Waals surface area contributed by atoms with Crippen LogP contribution in [-0.4, -0.2) is 64.7 Å². The first-order valence-electron chi connectivity index (χ1n) is 6.64. The van der Waals surface area contributed by atoms with E-state index in [2.05, 4.69) is 0 Å². The van der Waals surface area contributed by atoms with Crippen LogP contribution in [0.2, 0.25) is 0 Å². The summed E-state index contributed by atoms with van der Waals surface area (Å²) in [7, 11) is 1.29. The van der Waals surface area contributed by atoms with Crippen LogP contribution in [0.1, 0.15) is 20.7 Å². The molecule has 0 spiro atoms. The minimum atomic E-state index is -0.990. The van der Waals surface area contributed by atoms with Gasteiger partial charge in [-0.2, -0.15) is 0 Å². The van der Waals surface area contributed by atoms with E-state index in [-0.39, 0.29) is 17.7 Å². The van der Waals surface area contributed by atoms with Crippen molar-refractivity contribution in [2.45, 2.75) is 0 Å². The number of imide groups is 2. The van der Waals surface area contributed by atoms with Crippen LogP contribution in [-0.2, 0) is 14.4 Å². The van der Waals surface area contributed by atoms with Crippen LogP contribution in [0.25, 0.3) is 0 Å². The molecule has 1 aromatic carbocycles. The van der Waals surface area contributed by atoms with Gasteiger partial charge in [0.25, 0.3) is 11.8 Å². The average Bonchev–Trinajstić information content (AvgIpc) is 2.91. The molecule has 3 rings (SSSR count). The largest absolute Gasteiger partial charge is 0.352 e. The van der Waals surface area contributed by atoms with Gasteiger partial charge in [-0.1, -0.05) is 17.2 Å². The number of rotatable bonds is 3. The van der Waals surface area contributed by atoms with Gasteiger partial charge in [0.05, 0.1) is 11.1 Å². The molecule has 0 saturated carbocycles. The molecule has 0 aliphatic carbocycles. The number of amides is 5. The summed E-state index contributed by atoms with van der Waals surface area (Å²) in [4.78, 5) is 65.6. The average molecular weight is 317 g/mol.